The molecule has 2 saturated carbocycles. The third-order valence-electron chi connectivity index (χ3n) is 4.09. The van der Waals surface area contributed by atoms with Gasteiger partial charge in [0.25, 0.3) is 5.78 Å². The maximum Gasteiger partial charge on any atom is 0.253 e. The van der Waals surface area contributed by atoms with Gasteiger partial charge in [-0.2, -0.15) is 14.6 Å². The van der Waals surface area contributed by atoms with Gasteiger partial charge in [0.05, 0.1) is 0 Å². The minimum absolute atomic E-state index is 0.585. The van der Waals surface area contributed by atoms with E-state index in [1.165, 1.54) is 37.8 Å². The van der Waals surface area contributed by atoms with Gasteiger partial charge < -0.3 is 4.57 Å². The Morgan fingerprint density at radius 3 is 2.82 bits per heavy atom. The second kappa shape index (κ2) is 4.52. The van der Waals surface area contributed by atoms with Crippen LogP contribution in [0.5, 0.6) is 0 Å². The van der Waals surface area contributed by atoms with E-state index >= 15 is 0 Å². The van der Waals surface area contributed by atoms with Gasteiger partial charge >= 0.3 is 0 Å². The molecule has 0 amide bonds. The number of nitrogens with zero attached hydrogens (tertiary/aromatic N) is 7. The van der Waals surface area contributed by atoms with Crippen molar-refractivity contribution in [1.82, 2.24) is 34.3 Å². The van der Waals surface area contributed by atoms with E-state index in [9.17, 15) is 0 Å². The highest BCUT2D eigenvalue weighted by atomic mass is 32.2. The third-order valence-corrected chi connectivity index (χ3v) is 5.05. The summed E-state index contributed by atoms with van der Waals surface area (Å²) < 4.78 is 4.11. The molecule has 22 heavy (non-hydrogen) atoms. The van der Waals surface area contributed by atoms with Gasteiger partial charge in [0.2, 0.25) is 0 Å². The first kappa shape index (κ1) is 12.6. The Morgan fingerprint density at radius 1 is 1.18 bits per heavy atom. The van der Waals surface area contributed by atoms with Crippen LogP contribution in [-0.2, 0) is 0 Å². The van der Waals surface area contributed by atoms with Gasteiger partial charge in [-0.1, -0.05) is 0 Å². The minimum Gasteiger partial charge on any atom is -0.302 e. The number of rotatable bonds is 4. The molecule has 0 aromatic carbocycles. The molecule has 3 aromatic rings. The van der Waals surface area contributed by atoms with Gasteiger partial charge in [0.1, 0.15) is 17.2 Å². The monoisotopic (exact) mass is 313 g/mol. The molecule has 8 heteroatoms. The normalized spacial score (nSPS) is 18.2. The molecular weight excluding hydrogens is 298 g/mol. The predicted molar refractivity (Wildman–Crippen MR) is 79.9 cm³/mol. The first-order valence-electron chi connectivity index (χ1n) is 7.59. The molecule has 0 spiro atoms. The van der Waals surface area contributed by atoms with Crippen LogP contribution in [0.15, 0.2) is 22.6 Å². The molecule has 3 heterocycles. The van der Waals surface area contributed by atoms with Crippen LogP contribution in [0.2, 0.25) is 0 Å². The van der Waals surface area contributed by atoms with E-state index in [0.29, 0.717) is 17.7 Å². The molecular formula is C14H15N7S. The van der Waals surface area contributed by atoms with Gasteiger partial charge in [-0.15, -0.1) is 10.2 Å². The fourth-order valence-electron chi connectivity index (χ4n) is 2.72. The van der Waals surface area contributed by atoms with Crippen molar-refractivity contribution in [2.45, 2.75) is 54.7 Å². The average molecular weight is 313 g/mol. The van der Waals surface area contributed by atoms with Gasteiger partial charge in [0, 0.05) is 17.7 Å². The molecule has 112 valence electrons. The Bertz CT molecular complexity index is 859. The molecule has 2 fully saturated rings. The lowest BCUT2D eigenvalue weighted by atomic mass is 10.4. The highest BCUT2D eigenvalue weighted by molar-refractivity contribution is 7.99. The molecule has 0 N–H and O–H groups in total. The molecule has 0 atom stereocenters. The van der Waals surface area contributed by atoms with E-state index in [-0.39, 0.29) is 0 Å². The van der Waals surface area contributed by atoms with Crippen LogP contribution in [0.1, 0.15) is 49.2 Å². The zero-order chi connectivity index (χ0) is 14.7. The highest BCUT2D eigenvalue weighted by Gasteiger charge is 2.36. The summed E-state index contributed by atoms with van der Waals surface area (Å²) in [6, 6.07) is 2.61. The maximum atomic E-state index is 4.46. The lowest BCUT2D eigenvalue weighted by Crippen LogP contribution is -2.03. The van der Waals surface area contributed by atoms with Crippen molar-refractivity contribution in [3.63, 3.8) is 0 Å². The molecule has 7 nitrogen and oxygen atoms in total. The summed E-state index contributed by atoms with van der Waals surface area (Å²) >= 11 is 1.61. The van der Waals surface area contributed by atoms with Gasteiger partial charge in [-0.05, 0) is 50.4 Å². The van der Waals surface area contributed by atoms with Gasteiger partial charge in [0.15, 0.2) is 5.16 Å². The molecule has 0 bridgehead atoms. The summed E-state index contributed by atoms with van der Waals surface area (Å²) in [7, 11) is 0. The molecule has 0 radical (unpaired) electrons. The summed E-state index contributed by atoms with van der Waals surface area (Å²) in [6.45, 7) is 1.97. The first-order chi connectivity index (χ1) is 10.8. The average Bonchev–Trinajstić information content (AvgIpc) is 3.42. The first-order valence-corrected chi connectivity index (χ1v) is 8.41. The Labute approximate surface area is 131 Å². The number of hydrogen-bond acceptors (Lipinski definition) is 6. The fraction of sp³-hybridized carbons (Fsp3) is 0.500. The Balaban J connectivity index is 1.59. The number of aromatic nitrogens is 7. The molecule has 0 unspecified atom stereocenters. The number of hydrogen-bond donors (Lipinski definition) is 0. The van der Waals surface area contributed by atoms with Crippen molar-refractivity contribution in [3.8, 4) is 0 Å². The van der Waals surface area contributed by atoms with E-state index in [4.69, 9.17) is 0 Å². The molecule has 2 aliphatic rings. The lowest BCUT2D eigenvalue weighted by Gasteiger charge is -2.08. The van der Waals surface area contributed by atoms with Crippen LogP contribution in [0.25, 0.3) is 5.78 Å². The highest BCUT2D eigenvalue weighted by Crippen LogP contribution is 2.46. The summed E-state index contributed by atoms with van der Waals surface area (Å²) in [5.41, 5.74) is 0.933. The SMILES string of the molecule is Cc1cc(Sc2nnc(C3CC3)n2C2CC2)n2ncnc2n1. The molecule has 2 aliphatic carbocycles. The van der Waals surface area contributed by atoms with Crippen LogP contribution < -0.4 is 0 Å². The standard InChI is InChI=1S/C14H15N7S/c1-8-6-11(21-13(17-8)15-7-16-21)22-14-19-18-12(9-2-3-9)20(14)10-4-5-10/h6-7,9-10H,2-5H2,1H3. The smallest absolute Gasteiger partial charge is 0.253 e. The zero-order valence-corrected chi connectivity index (χ0v) is 13.0. The number of fused-ring (bicyclic) bond motifs is 1. The molecule has 0 aliphatic heterocycles. The zero-order valence-electron chi connectivity index (χ0n) is 12.2. The minimum atomic E-state index is 0.585. The van der Waals surface area contributed by atoms with Gasteiger partial charge in [-0.3, -0.25) is 0 Å². The van der Waals surface area contributed by atoms with E-state index in [1.54, 1.807) is 16.3 Å². The molecule has 0 saturated heterocycles. The van der Waals surface area contributed by atoms with E-state index < -0.39 is 0 Å². The second-order valence-electron chi connectivity index (χ2n) is 6.03. The summed E-state index contributed by atoms with van der Waals surface area (Å²) in [5.74, 6) is 2.42. The third kappa shape index (κ3) is 2.01. The van der Waals surface area contributed by atoms with Crippen LogP contribution in [0.4, 0.5) is 0 Å². The van der Waals surface area contributed by atoms with Crippen LogP contribution in [-0.4, -0.2) is 34.3 Å². The number of aryl methyl sites for hydroxylation is 1. The summed E-state index contributed by atoms with van der Waals surface area (Å²) in [6.07, 6.45) is 6.50. The van der Waals surface area contributed by atoms with E-state index in [0.717, 1.165) is 15.9 Å². The van der Waals surface area contributed by atoms with Crippen LogP contribution in [0.3, 0.4) is 0 Å². The molecule has 3 aromatic heterocycles. The second-order valence-corrected chi connectivity index (χ2v) is 7.01. The fourth-order valence-corrected chi connectivity index (χ4v) is 3.77. The topological polar surface area (TPSA) is 73.8 Å². The van der Waals surface area contributed by atoms with E-state index in [2.05, 4.69) is 29.8 Å². The Morgan fingerprint density at radius 2 is 2.05 bits per heavy atom. The predicted octanol–water partition coefficient (Wildman–Crippen LogP) is 2.39. The Hall–Kier alpha value is -1.96. The largest absolute Gasteiger partial charge is 0.302 e. The summed E-state index contributed by atoms with van der Waals surface area (Å²) in [5, 5.41) is 15.1. The van der Waals surface area contributed by atoms with Crippen molar-refractivity contribution in [1.29, 1.82) is 0 Å². The maximum absolute atomic E-state index is 4.46. The van der Waals surface area contributed by atoms with Crippen molar-refractivity contribution in [3.05, 3.63) is 23.9 Å². The molecule has 5 rings (SSSR count). The van der Waals surface area contributed by atoms with Crippen molar-refractivity contribution in [2.75, 3.05) is 0 Å². The van der Waals surface area contributed by atoms with Crippen LogP contribution >= 0.6 is 11.8 Å². The lowest BCUT2D eigenvalue weighted by molar-refractivity contribution is 0.626. The van der Waals surface area contributed by atoms with Gasteiger partial charge in [-0.25, -0.2) is 4.98 Å². The van der Waals surface area contributed by atoms with Crippen molar-refractivity contribution in [2.24, 2.45) is 0 Å². The van der Waals surface area contributed by atoms with Crippen LogP contribution in [0, 0.1) is 6.92 Å². The summed E-state index contributed by atoms with van der Waals surface area (Å²) in [4.78, 5) is 8.56. The van der Waals surface area contributed by atoms with Crippen molar-refractivity contribution < 1.29 is 0 Å². The van der Waals surface area contributed by atoms with E-state index in [1.807, 2.05) is 13.0 Å². The van der Waals surface area contributed by atoms with Crippen molar-refractivity contribution >= 4 is 17.5 Å². The quantitative estimate of drug-likeness (QED) is 0.689. The Kier molecular flexibility index (Phi) is 2.58.